The molecule has 0 aliphatic rings. The minimum Gasteiger partial charge on any atom is -0.368 e. The molecule has 0 unspecified atom stereocenters. The molecule has 14 heteroatoms. The van der Waals surface area contributed by atoms with Crippen LogP contribution in [0.1, 0.15) is 57.6 Å². The first-order valence-electron chi connectivity index (χ1n) is 16.6. The molecule has 6 amide bonds. The molecule has 5 atom stereocenters. The molecular weight excluding hydrogens is 628 g/mol. The fourth-order valence-corrected chi connectivity index (χ4v) is 5.02. The molecule has 0 heterocycles. The molecule has 2 aromatic rings. The highest BCUT2D eigenvalue weighted by Gasteiger charge is 2.30. The van der Waals surface area contributed by atoms with Gasteiger partial charge in [0.2, 0.25) is 35.4 Å². The van der Waals surface area contributed by atoms with E-state index in [4.69, 9.17) is 17.2 Å². The van der Waals surface area contributed by atoms with Gasteiger partial charge in [-0.05, 0) is 49.3 Å². The minimum atomic E-state index is -1.13. The first kappa shape index (κ1) is 40.4. The van der Waals surface area contributed by atoms with Gasteiger partial charge in [-0.25, -0.2) is 0 Å². The van der Waals surface area contributed by atoms with E-state index in [1.54, 1.807) is 31.2 Å². The normalized spacial score (nSPS) is 14.0. The van der Waals surface area contributed by atoms with Crippen LogP contribution in [0.4, 0.5) is 0 Å². The molecule has 0 aliphatic heterocycles. The highest BCUT2D eigenvalue weighted by atomic mass is 16.2. The quantitative estimate of drug-likeness (QED) is 0.0856. The molecule has 268 valence electrons. The van der Waals surface area contributed by atoms with Crippen LogP contribution in [-0.4, -0.2) is 78.7 Å². The molecule has 2 rings (SSSR count). The van der Waals surface area contributed by atoms with Crippen LogP contribution < -0.4 is 43.8 Å². The predicted octanol–water partition coefficient (Wildman–Crippen LogP) is -0.465. The smallest absolute Gasteiger partial charge is 0.243 e. The van der Waals surface area contributed by atoms with Crippen molar-refractivity contribution < 1.29 is 28.8 Å². The van der Waals surface area contributed by atoms with Crippen molar-refractivity contribution in [2.75, 3.05) is 13.1 Å². The van der Waals surface area contributed by atoms with E-state index in [0.29, 0.717) is 19.4 Å². The second-order valence-corrected chi connectivity index (χ2v) is 12.4. The number of nitrogens with one attached hydrogen (secondary N) is 5. The number of hydrogen-bond donors (Lipinski definition) is 8. The lowest BCUT2D eigenvalue weighted by Crippen LogP contribution is -2.58. The van der Waals surface area contributed by atoms with Crippen LogP contribution >= 0.6 is 0 Å². The van der Waals surface area contributed by atoms with Crippen molar-refractivity contribution in [1.29, 1.82) is 0 Å². The van der Waals surface area contributed by atoms with Gasteiger partial charge < -0.3 is 43.8 Å². The van der Waals surface area contributed by atoms with Crippen molar-refractivity contribution in [1.82, 2.24) is 26.6 Å². The van der Waals surface area contributed by atoms with Gasteiger partial charge in [0.05, 0.1) is 12.6 Å². The van der Waals surface area contributed by atoms with E-state index < -0.39 is 72.2 Å². The third-order valence-corrected chi connectivity index (χ3v) is 7.74. The molecule has 0 saturated heterocycles. The van der Waals surface area contributed by atoms with Crippen molar-refractivity contribution >= 4 is 35.4 Å². The Morgan fingerprint density at radius 2 is 1.16 bits per heavy atom. The summed E-state index contributed by atoms with van der Waals surface area (Å²) in [5.41, 5.74) is 18.5. The van der Waals surface area contributed by atoms with E-state index >= 15 is 0 Å². The SMILES string of the molecule is CC[C@H](NC(=O)[C@H](CC(C)C)NC(=O)CNC(=O)[C@H](Cc1ccccc1)NC(=O)[C@H](Cc1ccccc1)NC(=O)[C@@H](N)CCCN)C(N)=O. The Kier molecular flexibility index (Phi) is 17.5. The van der Waals surface area contributed by atoms with E-state index in [9.17, 15) is 28.8 Å². The van der Waals surface area contributed by atoms with Gasteiger partial charge in [0.15, 0.2) is 0 Å². The highest BCUT2D eigenvalue weighted by molar-refractivity contribution is 5.95. The maximum atomic E-state index is 13.7. The zero-order chi connectivity index (χ0) is 36.3. The fourth-order valence-electron chi connectivity index (χ4n) is 5.02. The third kappa shape index (κ3) is 14.9. The van der Waals surface area contributed by atoms with Crippen molar-refractivity contribution in [2.24, 2.45) is 23.1 Å². The topological polar surface area (TPSA) is 241 Å². The number of hydrogen-bond acceptors (Lipinski definition) is 8. The van der Waals surface area contributed by atoms with Gasteiger partial charge in [-0.1, -0.05) is 81.4 Å². The Hall–Kier alpha value is -4.82. The zero-order valence-corrected chi connectivity index (χ0v) is 28.6. The largest absolute Gasteiger partial charge is 0.368 e. The Morgan fingerprint density at radius 1 is 0.673 bits per heavy atom. The molecule has 2 aromatic carbocycles. The van der Waals surface area contributed by atoms with Gasteiger partial charge in [-0.15, -0.1) is 0 Å². The lowest BCUT2D eigenvalue weighted by Gasteiger charge is -2.25. The predicted molar refractivity (Wildman–Crippen MR) is 186 cm³/mol. The summed E-state index contributed by atoms with van der Waals surface area (Å²) < 4.78 is 0. The van der Waals surface area contributed by atoms with Crippen molar-refractivity contribution in [2.45, 2.75) is 89.5 Å². The van der Waals surface area contributed by atoms with Crippen molar-refractivity contribution in [3.63, 3.8) is 0 Å². The maximum Gasteiger partial charge on any atom is 0.243 e. The van der Waals surface area contributed by atoms with E-state index in [1.165, 1.54) is 0 Å². The lowest BCUT2D eigenvalue weighted by molar-refractivity contribution is -0.133. The summed E-state index contributed by atoms with van der Waals surface area (Å²) in [5, 5.41) is 13.2. The minimum absolute atomic E-state index is 0.0179. The van der Waals surface area contributed by atoms with Crippen LogP contribution in [0.5, 0.6) is 0 Å². The lowest BCUT2D eigenvalue weighted by atomic mass is 10.0. The molecule has 0 spiro atoms. The van der Waals surface area contributed by atoms with Gasteiger partial charge in [-0.2, -0.15) is 0 Å². The molecule has 49 heavy (non-hydrogen) atoms. The molecule has 0 fully saturated rings. The summed E-state index contributed by atoms with van der Waals surface area (Å²) in [7, 11) is 0. The summed E-state index contributed by atoms with van der Waals surface area (Å²) in [5.74, 6) is -3.67. The van der Waals surface area contributed by atoms with Gasteiger partial charge in [0.1, 0.15) is 24.2 Å². The van der Waals surface area contributed by atoms with Crippen LogP contribution in [0.25, 0.3) is 0 Å². The third-order valence-electron chi connectivity index (χ3n) is 7.74. The number of benzene rings is 2. The highest BCUT2D eigenvalue weighted by Crippen LogP contribution is 2.09. The van der Waals surface area contributed by atoms with Crippen LogP contribution in [-0.2, 0) is 41.6 Å². The van der Waals surface area contributed by atoms with Gasteiger partial charge >= 0.3 is 0 Å². The van der Waals surface area contributed by atoms with Crippen LogP contribution in [0.2, 0.25) is 0 Å². The number of amides is 6. The molecule has 11 N–H and O–H groups in total. The molecule has 0 saturated carbocycles. The first-order valence-corrected chi connectivity index (χ1v) is 16.6. The first-order chi connectivity index (χ1) is 23.3. The maximum absolute atomic E-state index is 13.7. The molecule has 0 aliphatic carbocycles. The number of primary amides is 1. The summed E-state index contributed by atoms with van der Waals surface area (Å²) >= 11 is 0. The van der Waals surface area contributed by atoms with Crippen LogP contribution in [0.15, 0.2) is 60.7 Å². The van der Waals surface area contributed by atoms with Crippen molar-refractivity contribution in [3.05, 3.63) is 71.8 Å². The zero-order valence-electron chi connectivity index (χ0n) is 28.6. The fraction of sp³-hybridized carbons (Fsp3) is 0.486. The second-order valence-electron chi connectivity index (χ2n) is 12.4. The standard InChI is InChI=1S/C35H52N8O6/c1-4-26(31(38)45)41-34(48)27(18-22(2)3)40-30(44)21-39-33(47)28(19-23-12-7-5-8-13-23)43-35(49)29(20-24-14-9-6-10-15-24)42-32(46)25(37)16-11-17-36/h5-10,12-15,22,25-29H,4,11,16-21,36-37H2,1-3H3,(H2,38,45)(H,39,47)(H,40,44)(H,41,48)(H,42,46)(H,43,49)/t25-,26-,27-,28-,29-/m0/s1. The Balaban J connectivity index is 2.21. The number of nitrogens with two attached hydrogens (primary N) is 3. The van der Waals surface area contributed by atoms with Crippen LogP contribution in [0, 0.1) is 5.92 Å². The Labute approximate surface area is 288 Å². The molecule has 0 bridgehead atoms. The average Bonchev–Trinajstić information content (AvgIpc) is 3.07. The van der Waals surface area contributed by atoms with Crippen LogP contribution in [0.3, 0.4) is 0 Å². The Bertz CT molecular complexity index is 1370. The summed E-state index contributed by atoms with van der Waals surface area (Å²) in [6, 6.07) is 13.2. The van der Waals surface area contributed by atoms with Gasteiger partial charge in [0.25, 0.3) is 0 Å². The number of carbonyl (C=O) groups is 6. The molecule has 14 nitrogen and oxygen atoms in total. The van der Waals surface area contributed by atoms with Crippen molar-refractivity contribution in [3.8, 4) is 0 Å². The monoisotopic (exact) mass is 680 g/mol. The molecular formula is C35H52N8O6. The average molecular weight is 681 g/mol. The Morgan fingerprint density at radius 3 is 1.65 bits per heavy atom. The molecule has 0 aromatic heterocycles. The molecule has 0 radical (unpaired) electrons. The van der Waals surface area contributed by atoms with Gasteiger partial charge in [0, 0.05) is 12.8 Å². The summed E-state index contributed by atoms with van der Waals surface area (Å²) in [6.45, 7) is 5.32. The number of rotatable bonds is 21. The summed E-state index contributed by atoms with van der Waals surface area (Å²) in [4.78, 5) is 77.7. The van der Waals surface area contributed by atoms with E-state index in [-0.39, 0.29) is 31.6 Å². The van der Waals surface area contributed by atoms with E-state index in [2.05, 4.69) is 26.6 Å². The van der Waals surface area contributed by atoms with Gasteiger partial charge in [-0.3, -0.25) is 28.8 Å². The second kappa shape index (κ2) is 21.2. The number of carbonyl (C=O) groups excluding carboxylic acids is 6. The van der Waals surface area contributed by atoms with E-state index in [1.807, 2.05) is 50.2 Å². The summed E-state index contributed by atoms with van der Waals surface area (Å²) in [6.07, 6.45) is 1.66. The van der Waals surface area contributed by atoms with E-state index in [0.717, 1.165) is 11.1 Å².